The van der Waals surface area contributed by atoms with Gasteiger partial charge in [0.15, 0.2) is 0 Å². The summed E-state index contributed by atoms with van der Waals surface area (Å²) in [5, 5.41) is 23.4. The topological polar surface area (TPSA) is 145 Å². The summed E-state index contributed by atoms with van der Waals surface area (Å²) in [6.45, 7) is 1.30. The van der Waals surface area contributed by atoms with E-state index in [4.69, 9.17) is 0 Å². The van der Waals surface area contributed by atoms with E-state index < -0.39 is 39.7 Å². The fourth-order valence-corrected chi connectivity index (χ4v) is 5.16. The highest BCUT2D eigenvalue weighted by Gasteiger charge is 2.42. The van der Waals surface area contributed by atoms with E-state index >= 15 is 0 Å². The minimum atomic E-state index is -1.47. The number of aromatic nitrogens is 2. The van der Waals surface area contributed by atoms with Gasteiger partial charge in [-0.05, 0) is 36.8 Å². The van der Waals surface area contributed by atoms with E-state index in [-0.39, 0.29) is 22.9 Å². The number of halogens is 1. The predicted octanol–water partition coefficient (Wildman–Crippen LogP) is 3.50. The van der Waals surface area contributed by atoms with Gasteiger partial charge in [0.2, 0.25) is 11.9 Å². The summed E-state index contributed by atoms with van der Waals surface area (Å²) in [4.78, 5) is 45.7. The Morgan fingerprint density at radius 1 is 1.16 bits per heavy atom. The number of hydrogen-bond acceptors (Lipinski definition) is 7. The Morgan fingerprint density at radius 3 is 2.57 bits per heavy atom. The predicted molar refractivity (Wildman–Crippen MR) is 133 cm³/mol. The largest absolute Gasteiger partial charge is 0.342 e. The molecular weight excluding hydrogens is 479 g/mol. The van der Waals surface area contributed by atoms with Crippen molar-refractivity contribution < 1.29 is 14.1 Å². The molecule has 2 aromatic carbocycles. The molecule has 3 aromatic rings. The summed E-state index contributed by atoms with van der Waals surface area (Å²) in [6.07, 6.45) is 2.74. The Hall–Kier alpha value is -4.59. The Labute approximate surface area is 210 Å². The second-order valence-electron chi connectivity index (χ2n) is 9.31. The van der Waals surface area contributed by atoms with E-state index in [1.807, 2.05) is 29.2 Å². The van der Waals surface area contributed by atoms with Crippen LogP contribution >= 0.6 is 0 Å². The number of nitriles is 1. The van der Waals surface area contributed by atoms with Crippen molar-refractivity contribution in [1.29, 1.82) is 5.26 Å². The lowest BCUT2D eigenvalue weighted by atomic mass is 9.79. The van der Waals surface area contributed by atoms with E-state index in [1.165, 1.54) is 5.56 Å². The molecule has 2 atom stereocenters. The van der Waals surface area contributed by atoms with Crippen molar-refractivity contribution >= 4 is 23.4 Å². The van der Waals surface area contributed by atoms with Gasteiger partial charge in [-0.3, -0.25) is 24.7 Å². The highest BCUT2D eigenvalue weighted by Crippen LogP contribution is 2.40. The molecule has 10 nitrogen and oxygen atoms in total. The minimum Gasteiger partial charge on any atom is -0.342 e. The van der Waals surface area contributed by atoms with Crippen LogP contribution in [0.2, 0.25) is 0 Å². The molecule has 5 rings (SSSR count). The second-order valence-corrected chi connectivity index (χ2v) is 9.31. The highest BCUT2D eigenvalue weighted by molar-refractivity contribution is 5.98. The van der Waals surface area contributed by atoms with Gasteiger partial charge in [-0.2, -0.15) is 10.2 Å². The Morgan fingerprint density at radius 2 is 1.89 bits per heavy atom. The van der Waals surface area contributed by atoms with Gasteiger partial charge in [-0.15, -0.1) is 0 Å². The SMILES string of the molecule is N#CC1C(=O)Nc2nc(N3CCC(Cc4ccccc4)CC3)[nH]c(=O)c2C1c1cc([N+](=O)[O-])ccc1F. The number of benzene rings is 2. The maximum atomic E-state index is 14.8. The first-order valence-electron chi connectivity index (χ1n) is 11.9. The molecule has 2 N–H and O–H groups in total. The van der Waals surface area contributed by atoms with E-state index in [0.717, 1.165) is 37.5 Å². The van der Waals surface area contributed by atoms with Crippen molar-refractivity contribution in [2.24, 2.45) is 11.8 Å². The molecule has 0 saturated carbocycles. The number of carbonyl (C=O) groups excluding carboxylic acids is 1. The third-order valence-electron chi connectivity index (χ3n) is 7.06. The molecule has 2 aliphatic rings. The zero-order valence-electron chi connectivity index (χ0n) is 19.7. The lowest BCUT2D eigenvalue weighted by Crippen LogP contribution is -2.41. The van der Waals surface area contributed by atoms with Crippen LogP contribution in [0.4, 0.5) is 21.8 Å². The number of hydrogen-bond donors (Lipinski definition) is 2. The molecule has 0 radical (unpaired) electrons. The summed E-state index contributed by atoms with van der Waals surface area (Å²) in [6, 6.07) is 14.9. The van der Waals surface area contributed by atoms with Crippen LogP contribution in [-0.2, 0) is 11.2 Å². The first-order valence-corrected chi connectivity index (χ1v) is 11.9. The number of nitrogens with zero attached hydrogens (tertiary/aromatic N) is 4. The molecule has 2 unspecified atom stereocenters. The number of non-ortho nitro benzene ring substituents is 1. The smallest absolute Gasteiger partial charge is 0.269 e. The maximum absolute atomic E-state index is 14.8. The zero-order valence-corrected chi connectivity index (χ0v) is 19.7. The van der Waals surface area contributed by atoms with Crippen molar-refractivity contribution in [2.75, 3.05) is 23.3 Å². The standard InChI is InChI=1S/C26H23FN6O4/c27-20-7-6-17(33(36)37)13-18(20)21-19(14-28)24(34)29-23-22(21)25(35)31-26(30-23)32-10-8-16(9-11-32)12-15-4-2-1-3-5-15/h1-7,13,16,19,21H,8-12H2,(H2,29,30,31,34,35). The van der Waals surface area contributed by atoms with Crippen LogP contribution in [0.1, 0.15) is 35.4 Å². The summed E-state index contributed by atoms with van der Waals surface area (Å²) >= 11 is 0. The molecule has 1 amide bonds. The number of nitro groups is 1. The number of anilines is 2. The van der Waals surface area contributed by atoms with E-state index in [2.05, 4.69) is 27.4 Å². The maximum Gasteiger partial charge on any atom is 0.269 e. The van der Waals surface area contributed by atoms with E-state index in [9.17, 15) is 29.4 Å². The molecule has 1 fully saturated rings. The number of carbonyl (C=O) groups is 1. The third kappa shape index (κ3) is 4.65. The number of fused-ring (bicyclic) bond motifs is 1. The third-order valence-corrected chi connectivity index (χ3v) is 7.06. The van der Waals surface area contributed by atoms with Crippen molar-refractivity contribution in [1.82, 2.24) is 9.97 Å². The first-order chi connectivity index (χ1) is 17.9. The van der Waals surface area contributed by atoms with Gasteiger partial charge in [-0.1, -0.05) is 30.3 Å². The van der Waals surface area contributed by atoms with Gasteiger partial charge in [0, 0.05) is 36.7 Å². The fourth-order valence-electron chi connectivity index (χ4n) is 5.16. The van der Waals surface area contributed by atoms with Crippen LogP contribution in [0.3, 0.4) is 0 Å². The number of nitrogens with one attached hydrogen (secondary N) is 2. The van der Waals surface area contributed by atoms with Gasteiger partial charge >= 0.3 is 0 Å². The molecule has 0 aliphatic carbocycles. The summed E-state index contributed by atoms with van der Waals surface area (Å²) in [5.41, 5.74) is -0.162. The van der Waals surface area contributed by atoms with Gasteiger partial charge in [0.05, 0.1) is 16.6 Å². The summed E-state index contributed by atoms with van der Waals surface area (Å²) in [7, 11) is 0. The molecule has 1 saturated heterocycles. The molecule has 0 spiro atoms. The molecular formula is C26H23FN6O4. The number of piperidine rings is 1. The second kappa shape index (κ2) is 9.81. The van der Waals surface area contributed by atoms with Gasteiger partial charge < -0.3 is 10.2 Å². The lowest BCUT2D eigenvalue weighted by Gasteiger charge is -2.34. The van der Waals surface area contributed by atoms with Crippen LogP contribution in [0.15, 0.2) is 53.3 Å². The van der Waals surface area contributed by atoms with E-state index in [0.29, 0.717) is 19.0 Å². The van der Waals surface area contributed by atoms with Crippen molar-refractivity contribution in [3.05, 3.63) is 91.5 Å². The van der Waals surface area contributed by atoms with Crippen LogP contribution in [0.5, 0.6) is 0 Å². The number of H-pyrrole nitrogens is 1. The fraction of sp³-hybridized carbons (Fsp3) is 0.308. The zero-order chi connectivity index (χ0) is 26.1. The Bertz CT molecular complexity index is 1460. The number of rotatable bonds is 5. The van der Waals surface area contributed by atoms with Gasteiger partial charge in [-0.25, -0.2) is 4.39 Å². The van der Waals surface area contributed by atoms with E-state index in [1.54, 1.807) is 0 Å². The highest BCUT2D eigenvalue weighted by atomic mass is 19.1. The number of nitro benzene ring substituents is 1. The number of aromatic amines is 1. The average Bonchev–Trinajstić information content (AvgIpc) is 2.89. The molecule has 11 heteroatoms. The first kappa shape index (κ1) is 24.1. The van der Waals surface area contributed by atoms with Crippen molar-refractivity contribution in [3.8, 4) is 6.07 Å². The van der Waals surface area contributed by atoms with Crippen molar-refractivity contribution in [2.45, 2.75) is 25.2 Å². The average molecular weight is 503 g/mol. The van der Waals surface area contributed by atoms with Crippen molar-refractivity contribution in [3.63, 3.8) is 0 Å². The summed E-state index contributed by atoms with van der Waals surface area (Å²) < 4.78 is 14.8. The molecule has 37 heavy (non-hydrogen) atoms. The normalized spacial score (nSPS) is 19.6. The van der Waals surface area contributed by atoms with Crippen LogP contribution < -0.4 is 15.8 Å². The summed E-state index contributed by atoms with van der Waals surface area (Å²) in [5.74, 6) is -3.74. The molecule has 188 valence electrons. The molecule has 2 aliphatic heterocycles. The van der Waals surface area contributed by atoms with Gasteiger partial charge in [0.1, 0.15) is 17.6 Å². The molecule has 0 bridgehead atoms. The monoisotopic (exact) mass is 502 g/mol. The van der Waals surface area contributed by atoms with Crippen LogP contribution in [-0.4, -0.2) is 33.9 Å². The number of amides is 1. The minimum absolute atomic E-state index is 0.0717. The lowest BCUT2D eigenvalue weighted by molar-refractivity contribution is -0.385. The van der Waals surface area contributed by atoms with Crippen LogP contribution in [0, 0.1) is 39.1 Å². The molecule has 1 aromatic heterocycles. The van der Waals surface area contributed by atoms with Crippen LogP contribution in [0.25, 0.3) is 0 Å². The quantitative estimate of drug-likeness (QED) is 0.401. The molecule has 3 heterocycles. The Kier molecular flexibility index (Phi) is 6.40. The Balaban J connectivity index is 1.45. The van der Waals surface area contributed by atoms with Gasteiger partial charge in [0.25, 0.3) is 11.2 Å².